The fraction of sp³-hybridized carbons (Fsp3) is 0.158. The zero-order valence-corrected chi connectivity index (χ0v) is 14.1. The van der Waals surface area contributed by atoms with E-state index in [4.69, 9.17) is 23.7 Å². The van der Waals surface area contributed by atoms with Gasteiger partial charge in [-0.1, -0.05) is 0 Å². The molecule has 0 saturated heterocycles. The van der Waals surface area contributed by atoms with Crippen LogP contribution in [0.15, 0.2) is 47.1 Å². The first kappa shape index (κ1) is 16.0. The summed E-state index contributed by atoms with van der Waals surface area (Å²) in [6.45, 7) is 0.174. The zero-order valence-electron chi connectivity index (χ0n) is 14.1. The van der Waals surface area contributed by atoms with Gasteiger partial charge < -0.3 is 23.7 Å². The number of benzene rings is 2. The maximum atomic E-state index is 12.2. The third-order valence-corrected chi connectivity index (χ3v) is 3.97. The van der Waals surface area contributed by atoms with E-state index >= 15 is 0 Å². The average Bonchev–Trinajstić information content (AvgIpc) is 3.28. The number of carbonyl (C=O) groups is 1. The van der Waals surface area contributed by atoms with Crippen LogP contribution in [0, 0.1) is 0 Å². The molecule has 0 unspecified atom stereocenters. The van der Waals surface area contributed by atoms with Gasteiger partial charge in [0.2, 0.25) is 12.7 Å². The van der Waals surface area contributed by atoms with Gasteiger partial charge in [-0.15, -0.1) is 0 Å². The minimum absolute atomic E-state index is 0.174. The Morgan fingerprint density at radius 2 is 1.88 bits per heavy atom. The Morgan fingerprint density at radius 1 is 1.04 bits per heavy atom. The van der Waals surface area contributed by atoms with E-state index in [1.54, 1.807) is 56.7 Å². The molecule has 0 fully saturated rings. The van der Waals surface area contributed by atoms with E-state index in [0.717, 1.165) is 0 Å². The number of hydrogen-bond acceptors (Lipinski definition) is 7. The van der Waals surface area contributed by atoms with Crippen LogP contribution in [0.4, 0.5) is 0 Å². The lowest BCUT2D eigenvalue weighted by molar-refractivity contribution is -0.129. The molecule has 0 amide bonds. The van der Waals surface area contributed by atoms with Gasteiger partial charge >= 0.3 is 5.97 Å². The summed E-state index contributed by atoms with van der Waals surface area (Å²) in [4.78, 5) is 16.5. The Morgan fingerprint density at radius 3 is 2.69 bits per heavy atom. The maximum absolute atomic E-state index is 12.2. The van der Waals surface area contributed by atoms with Crippen LogP contribution in [-0.2, 0) is 9.53 Å². The molecule has 0 saturated carbocycles. The van der Waals surface area contributed by atoms with Gasteiger partial charge in [0, 0.05) is 17.2 Å². The number of hydrogen-bond donors (Lipinski definition) is 0. The van der Waals surface area contributed by atoms with Crippen LogP contribution >= 0.6 is 0 Å². The predicted molar refractivity (Wildman–Crippen MR) is 92.7 cm³/mol. The Labute approximate surface area is 149 Å². The molecule has 0 aliphatic carbocycles. The molecule has 2 aromatic rings. The molecule has 0 radical (unpaired) electrons. The summed E-state index contributed by atoms with van der Waals surface area (Å²) < 4.78 is 26.4. The van der Waals surface area contributed by atoms with Crippen molar-refractivity contribution in [1.82, 2.24) is 0 Å². The van der Waals surface area contributed by atoms with Crippen molar-refractivity contribution >= 4 is 17.9 Å². The molecule has 0 spiro atoms. The SMILES string of the molecule is COc1ccc(/C=C2\N=C(c3ccc4c(c3)OCO4)OC2=O)c(OC)c1. The Balaban J connectivity index is 1.67. The van der Waals surface area contributed by atoms with Gasteiger partial charge in [-0.3, -0.25) is 0 Å². The number of cyclic esters (lactones) is 1. The highest BCUT2D eigenvalue weighted by molar-refractivity contribution is 6.13. The summed E-state index contributed by atoms with van der Waals surface area (Å²) in [7, 11) is 3.12. The van der Waals surface area contributed by atoms with Crippen molar-refractivity contribution in [2.45, 2.75) is 0 Å². The number of methoxy groups -OCH3 is 2. The largest absolute Gasteiger partial charge is 0.497 e. The molecule has 0 bridgehead atoms. The highest BCUT2D eigenvalue weighted by Crippen LogP contribution is 2.34. The van der Waals surface area contributed by atoms with Crippen LogP contribution in [0.3, 0.4) is 0 Å². The van der Waals surface area contributed by atoms with Gasteiger partial charge in [0.1, 0.15) is 11.5 Å². The summed E-state index contributed by atoms with van der Waals surface area (Å²) in [5.41, 5.74) is 1.50. The van der Waals surface area contributed by atoms with Gasteiger partial charge in [-0.05, 0) is 36.4 Å². The van der Waals surface area contributed by atoms with E-state index in [2.05, 4.69) is 4.99 Å². The molecule has 2 heterocycles. The van der Waals surface area contributed by atoms with Gasteiger partial charge in [-0.25, -0.2) is 9.79 Å². The molecule has 7 heteroatoms. The van der Waals surface area contributed by atoms with Crippen molar-refractivity contribution < 1.29 is 28.5 Å². The molecule has 0 N–H and O–H groups in total. The van der Waals surface area contributed by atoms with E-state index in [0.29, 0.717) is 34.1 Å². The van der Waals surface area contributed by atoms with Gasteiger partial charge in [0.05, 0.1) is 14.2 Å². The van der Waals surface area contributed by atoms with Gasteiger partial charge in [0.25, 0.3) is 0 Å². The number of nitrogens with zero attached hydrogens (tertiary/aromatic N) is 1. The van der Waals surface area contributed by atoms with Crippen molar-refractivity contribution in [3.8, 4) is 23.0 Å². The maximum Gasteiger partial charge on any atom is 0.363 e. The van der Waals surface area contributed by atoms with E-state index in [1.807, 2.05) is 0 Å². The zero-order chi connectivity index (χ0) is 18.1. The van der Waals surface area contributed by atoms with Crippen molar-refractivity contribution in [1.29, 1.82) is 0 Å². The van der Waals surface area contributed by atoms with Crippen molar-refractivity contribution in [3.63, 3.8) is 0 Å². The second kappa shape index (κ2) is 6.44. The van der Waals surface area contributed by atoms with Crippen LogP contribution < -0.4 is 18.9 Å². The summed E-state index contributed by atoms with van der Waals surface area (Å²) in [6, 6.07) is 10.5. The van der Waals surface area contributed by atoms with E-state index in [-0.39, 0.29) is 18.4 Å². The van der Waals surface area contributed by atoms with Crippen LogP contribution in [0.25, 0.3) is 6.08 Å². The van der Waals surface area contributed by atoms with Crippen molar-refractivity contribution in [2.24, 2.45) is 4.99 Å². The first-order valence-corrected chi connectivity index (χ1v) is 7.82. The summed E-state index contributed by atoms with van der Waals surface area (Å²) >= 11 is 0. The number of rotatable bonds is 4. The van der Waals surface area contributed by atoms with Crippen molar-refractivity contribution in [2.75, 3.05) is 21.0 Å². The Hall–Kier alpha value is -3.48. The lowest BCUT2D eigenvalue weighted by atomic mass is 10.1. The first-order chi connectivity index (χ1) is 12.7. The third-order valence-electron chi connectivity index (χ3n) is 3.97. The molecule has 4 rings (SSSR count). The molecular weight excluding hydrogens is 338 g/mol. The monoisotopic (exact) mass is 353 g/mol. The second-order valence-corrected chi connectivity index (χ2v) is 5.51. The molecule has 26 heavy (non-hydrogen) atoms. The molecule has 2 aromatic carbocycles. The van der Waals surface area contributed by atoms with Crippen LogP contribution in [0.5, 0.6) is 23.0 Å². The average molecular weight is 353 g/mol. The van der Waals surface area contributed by atoms with Crippen LogP contribution in [-0.4, -0.2) is 32.9 Å². The third kappa shape index (κ3) is 2.83. The Kier molecular flexibility index (Phi) is 3.96. The van der Waals surface area contributed by atoms with Crippen molar-refractivity contribution in [3.05, 3.63) is 53.2 Å². The smallest absolute Gasteiger partial charge is 0.363 e. The molecule has 2 aliphatic rings. The Bertz CT molecular complexity index is 947. The summed E-state index contributed by atoms with van der Waals surface area (Å²) in [5, 5.41) is 0. The standard InChI is InChI=1S/C19H15NO6/c1-22-13-5-3-11(16(9-13)23-2)7-14-19(21)26-18(20-14)12-4-6-15-17(8-12)25-10-24-15/h3-9H,10H2,1-2H3/b14-7-. The number of aliphatic imine (C=N–C) groups is 1. The summed E-state index contributed by atoms with van der Waals surface area (Å²) in [5.74, 6) is 2.15. The molecule has 0 atom stereocenters. The lowest BCUT2D eigenvalue weighted by Gasteiger charge is -2.07. The minimum atomic E-state index is -0.532. The highest BCUT2D eigenvalue weighted by Gasteiger charge is 2.26. The van der Waals surface area contributed by atoms with E-state index in [9.17, 15) is 4.79 Å². The fourth-order valence-corrected chi connectivity index (χ4v) is 2.65. The molecule has 132 valence electrons. The lowest BCUT2D eigenvalue weighted by Crippen LogP contribution is -2.05. The number of carbonyl (C=O) groups excluding carboxylic acids is 1. The number of esters is 1. The topological polar surface area (TPSA) is 75.6 Å². The quantitative estimate of drug-likeness (QED) is 0.621. The van der Waals surface area contributed by atoms with Gasteiger partial charge in [0.15, 0.2) is 17.2 Å². The number of ether oxygens (including phenoxy) is 5. The molecule has 0 aromatic heterocycles. The normalized spacial score (nSPS) is 16.5. The van der Waals surface area contributed by atoms with Crippen LogP contribution in [0.1, 0.15) is 11.1 Å². The fourth-order valence-electron chi connectivity index (χ4n) is 2.65. The van der Waals surface area contributed by atoms with E-state index < -0.39 is 5.97 Å². The second-order valence-electron chi connectivity index (χ2n) is 5.51. The highest BCUT2D eigenvalue weighted by atomic mass is 16.7. The minimum Gasteiger partial charge on any atom is -0.497 e. The molecular formula is C19H15NO6. The predicted octanol–water partition coefficient (Wildman–Crippen LogP) is 2.78. The van der Waals surface area contributed by atoms with Crippen LogP contribution in [0.2, 0.25) is 0 Å². The summed E-state index contributed by atoms with van der Waals surface area (Å²) in [6.07, 6.45) is 1.61. The molecule has 7 nitrogen and oxygen atoms in total. The first-order valence-electron chi connectivity index (χ1n) is 7.82. The van der Waals surface area contributed by atoms with Gasteiger partial charge in [-0.2, -0.15) is 0 Å². The van der Waals surface area contributed by atoms with E-state index in [1.165, 1.54) is 0 Å². The molecule has 2 aliphatic heterocycles. The number of fused-ring (bicyclic) bond motifs is 1.